The third-order valence-corrected chi connectivity index (χ3v) is 4.78. The van der Waals surface area contributed by atoms with E-state index < -0.39 is 0 Å². The third kappa shape index (κ3) is 5.12. The van der Waals surface area contributed by atoms with E-state index in [1.54, 1.807) is 0 Å². The molecule has 0 spiro atoms. The van der Waals surface area contributed by atoms with Crippen molar-refractivity contribution in [1.82, 2.24) is 20.4 Å². The van der Waals surface area contributed by atoms with E-state index >= 15 is 0 Å². The van der Waals surface area contributed by atoms with Gasteiger partial charge >= 0.3 is 0 Å². The zero-order valence-electron chi connectivity index (χ0n) is 17.0. The Morgan fingerprint density at radius 1 is 1.29 bits per heavy atom. The van der Waals surface area contributed by atoms with Crippen molar-refractivity contribution >= 4 is 17.6 Å². The van der Waals surface area contributed by atoms with Gasteiger partial charge in [-0.1, -0.05) is 18.2 Å². The lowest BCUT2D eigenvalue weighted by atomic mass is 10.2. The van der Waals surface area contributed by atoms with E-state index in [1.807, 2.05) is 53.8 Å². The fourth-order valence-corrected chi connectivity index (χ4v) is 3.49. The Morgan fingerprint density at radius 2 is 2.07 bits per heavy atom. The molecule has 7 heteroatoms. The molecule has 2 N–H and O–H groups in total. The van der Waals surface area contributed by atoms with Crippen LogP contribution in [0.3, 0.4) is 0 Å². The molecule has 0 saturated carbocycles. The second-order valence-electron chi connectivity index (χ2n) is 7.15. The van der Waals surface area contributed by atoms with Crippen molar-refractivity contribution in [2.75, 3.05) is 24.5 Å². The highest BCUT2D eigenvalue weighted by Crippen LogP contribution is 2.20. The van der Waals surface area contributed by atoms with Gasteiger partial charge in [-0.25, -0.2) is 0 Å². The summed E-state index contributed by atoms with van der Waals surface area (Å²) in [5.41, 5.74) is 3.17. The Balaban J connectivity index is 1.53. The molecule has 0 bridgehead atoms. The van der Waals surface area contributed by atoms with Crippen LogP contribution in [0.2, 0.25) is 0 Å². The monoisotopic (exact) mass is 382 g/mol. The van der Waals surface area contributed by atoms with Crippen LogP contribution in [0.1, 0.15) is 31.2 Å². The van der Waals surface area contributed by atoms with Gasteiger partial charge < -0.3 is 15.5 Å². The first kappa shape index (κ1) is 19.9. The Bertz CT molecular complexity index is 814. The highest BCUT2D eigenvalue weighted by atomic mass is 16.2. The molecule has 3 rings (SSSR count). The molecule has 2 heterocycles. The highest BCUT2D eigenvalue weighted by Gasteiger charge is 2.30. The summed E-state index contributed by atoms with van der Waals surface area (Å²) in [6.07, 6.45) is 1.39. The van der Waals surface area contributed by atoms with E-state index in [1.165, 1.54) is 5.69 Å². The SMILES string of the molecule is CCNC(=NCCCn1nc(C)cc1C)NC1CC(=O)N(c2ccccc2)C1. The molecule has 28 heavy (non-hydrogen) atoms. The molecule has 150 valence electrons. The van der Waals surface area contributed by atoms with Crippen LogP contribution in [-0.4, -0.2) is 47.3 Å². The minimum Gasteiger partial charge on any atom is -0.357 e. The summed E-state index contributed by atoms with van der Waals surface area (Å²) in [5, 5.41) is 11.2. The minimum absolute atomic E-state index is 0.0570. The van der Waals surface area contributed by atoms with Crippen LogP contribution in [0.4, 0.5) is 5.69 Å². The molecule has 1 aromatic heterocycles. The lowest BCUT2D eigenvalue weighted by Gasteiger charge is -2.19. The first-order valence-corrected chi connectivity index (χ1v) is 9.98. The van der Waals surface area contributed by atoms with Crippen LogP contribution >= 0.6 is 0 Å². The molecular formula is C21H30N6O. The smallest absolute Gasteiger partial charge is 0.229 e. The van der Waals surface area contributed by atoms with Gasteiger partial charge in [-0.05, 0) is 45.4 Å². The summed E-state index contributed by atoms with van der Waals surface area (Å²) in [5.74, 6) is 0.910. The van der Waals surface area contributed by atoms with Crippen molar-refractivity contribution < 1.29 is 4.79 Å². The van der Waals surface area contributed by atoms with Gasteiger partial charge in [0.15, 0.2) is 5.96 Å². The number of rotatable bonds is 7. The number of aliphatic imine (C=N–C) groups is 1. The molecule has 1 unspecified atom stereocenters. The predicted molar refractivity (Wildman–Crippen MR) is 113 cm³/mol. The standard InChI is InChI=1S/C21H30N6O/c1-4-22-21(23-11-8-12-27-17(3)13-16(2)25-27)24-18-14-20(28)26(15-18)19-9-6-5-7-10-19/h5-7,9-10,13,18H,4,8,11-12,14-15H2,1-3H3,(H2,22,23,24). The molecule has 1 fully saturated rings. The van der Waals surface area contributed by atoms with Gasteiger partial charge in [0.05, 0.1) is 11.7 Å². The number of aryl methyl sites for hydroxylation is 3. The molecule has 0 radical (unpaired) electrons. The van der Waals surface area contributed by atoms with Crippen molar-refractivity contribution in [3.8, 4) is 0 Å². The number of amides is 1. The van der Waals surface area contributed by atoms with Gasteiger partial charge in [0.2, 0.25) is 5.91 Å². The zero-order chi connectivity index (χ0) is 19.9. The number of guanidine groups is 1. The van der Waals surface area contributed by atoms with Crippen LogP contribution in [0.5, 0.6) is 0 Å². The van der Waals surface area contributed by atoms with E-state index in [9.17, 15) is 4.79 Å². The van der Waals surface area contributed by atoms with Crippen molar-refractivity contribution in [2.45, 2.75) is 46.2 Å². The van der Waals surface area contributed by atoms with E-state index in [-0.39, 0.29) is 11.9 Å². The highest BCUT2D eigenvalue weighted by molar-refractivity contribution is 5.97. The summed E-state index contributed by atoms with van der Waals surface area (Å²) in [6.45, 7) is 9.12. The zero-order valence-corrected chi connectivity index (χ0v) is 17.0. The fraction of sp³-hybridized carbons (Fsp3) is 0.476. The Labute approximate surface area is 166 Å². The summed E-state index contributed by atoms with van der Waals surface area (Å²) < 4.78 is 2.03. The Hall–Kier alpha value is -2.83. The van der Waals surface area contributed by atoms with Gasteiger partial charge in [-0.2, -0.15) is 5.10 Å². The molecule has 1 aromatic carbocycles. The summed E-state index contributed by atoms with van der Waals surface area (Å²) in [6, 6.07) is 12.0. The topological polar surface area (TPSA) is 74.5 Å². The lowest BCUT2D eigenvalue weighted by molar-refractivity contribution is -0.117. The quantitative estimate of drug-likeness (QED) is 0.438. The average molecular weight is 383 g/mol. The number of hydrogen-bond acceptors (Lipinski definition) is 3. The molecular weight excluding hydrogens is 352 g/mol. The molecule has 1 aliphatic rings. The van der Waals surface area contributed by atoms with Crippen LogP contribution < -0.4 is 15.5 Å². The van der Waals surface area contributed by atoms with Crippen LogP contribution in [0.15, 0.2) is 41.4 Å². The number of aromatic nitrogens is 2. The first-order valence-electron chi connectivity index (χ1n) is 9.98. The molecule has 1 saturated heterocycles. The van der Waals surface area contributed by atoms with Crippen LogP contribution in [0, 0.1) is 13.8 Å². The number of hydrogen-bond donors (Lipinski definition) is 2. The van der Waals surface area contributed by atoms with E-state index in [2.05, 4.69) is 33.7 Å². The second kappa shape index (κ2) is 9.39. The van der Waals surface area contributed by atoms with Crippen molar-refractivity contribution in [2.24, 2.45) is 4.99 Å². The number of nitrogens with one attached hydrogen (secondary N) is 2. The summed E-state index contributed by atoms with van der Waals surface area (Å²) in [4.78, 5) is 18.9. The minimum atomic E-state index is 0.0570. The number of para-hydroxylation sites is 1. The summed E-state index contributed by atoms with van der Waals surface area (Å²) >= 11 is 0. The lowest BCUT2D eigenvalue weighted by Crippen LogP contribution is -2.44. The predicted octanol–water partition coefficient (Wildman–Crippen LogP) is 2.25. The molecule has 0 aliphatic carbocycles. The van der Waals surface area contributed by atoms with Gasteiger partial charge in [0.1, 0.15) is 0 Å². The van der Waals surface area contributed by atoms with Gasteiger partial charge in [0.25, 0.3) is 0 Å². The molecule has 1 aliphatic heterocycles. The number of nitrogens with zero attached hydrogens (tertiary/aromatic N) is 4. The number of carbonyl (C=O) groups is 1. The molecule has 7 nitrogen and oxygen atoms in total. The van der Waals surface area contributed by atoms with Gasteiger partial charge in [-0.15, -0.1) is 0 Å². The van der Waals surface area contributed by atoms with Crippen LogP contribution in [-0.2, 0) is 11.3 Å². The van der Waals surface area contributed by atoms with Crippen molar-refractivity contribution in [3.05, 3.63) is 47.8 Å². The third-order valence-electron chi connectivity index (χ3n) is 4.78. The second-order valence-corrected chi connectivity index (χ2v) is 7.15. The maximum Gasteiger partial charge on any atom is 0.229 e. The maximum atomic E-state index is 12.4. The molecule has 1 atom stereocenters. The van der Waals surface area contributed by atoms with Crippen molar-refractivity contribution in [3.63, 3.8) is 0 Å². The first-order chi connectivity index (χ1) is 13.6. The van der Waals surface area contributed by atoms with Crippen molar-refractivity contribution in [1.29, 1.82) is 0 Å². The van der Waals surface area contributed by atoms with Gasteiger partial charge in [0, 0.05) is 44.0 Å². The normalized spacial score (nSPS) is 17.2. The van der Waals surface area contributed by atoms with Crippen LogP contribution in [0.25, 0.3) is 0 Å². The Kier molecular flexibility index (Phi) is 6.68. The summed E-state index contributed by atoms with van der Waals surface area (Å²) in [7, 11) is 0. The average Bonchev–Trinajstić information content (AvgIpc) is 3.20. The fourth-order valence-electron chi connectivity index (χ4n) is 3.49. The number of carbonyl (C=O) groups excluding carboxylic acids is 1. The number of benzene rings is 1. The van der Waals surface area contributed by atoms with E-state index in [0.29, 0.717) is 19.5 Å². The largest absolute Gasteiger partial charge is 0.357 e. The van der Waals surface area contributed by atoms with E-state index in [4.69, 9.17) is 0 Å². The Morgan fingerprint density at radius 3 is 2.75 bits per heavy atom. The molecule has 2 aromatic rings. The van der Waals surface area contributed by atoms with Gasteiger partial charge in [-0.3, -0.25) is 14.5 Å². The van der Waals surface area contributed by atoms with E-state index in [0.717, 1.165) is 36.9 Å². The maximum absolute atomic E-state index is 12.4. The number of anilines is 1. The molecule has 1 amide bonds.